The van der Waals surface area contributed by atoms with E-state index in [2.05, 4.69) is 18.7 Å². The van der Waals surface area contributed by atoms with Gasteiger partial charge in [0, 0.05) is 18.6 Å². The number of para-hydroxylation sites is 1. The number of ether oxygens (including phenoxy) is 2. The Morgan fingerprint density at radius 3 is 2.62 bits per heavy atom. The van der Waals surface area contributed by atoms with Crippen LogP contribution in [-0.2, 0) is 0 Å². The molecule has 0 radical (unpaired) electrons. The van der Waals surface area contributed by atoms with Gasteiger partial charge in [-0.2, -0.15) is 0 Å². The van der Waals surface area contributed by atoms with Crippen LogP contribution in [0.1, 0.15) is 43.5 Å². The smallest absolute Gasteiger partial charge is 0.171 e. The van der Waals surface area contributed by atoms with Gasteiger partial charge >= 0.3 is 0 Å². The molecule has 0 unspecified atom stereocenters. The number of hydrogen-bond donors (Lipinski definition) is 0. The summed E-state index contributed by atoms with van der Waals surface area (Å²) in [6, 6.07) is 6.55. The fourth-order valence-corrected chi connectivity index (χ4v) is 3.11. The molecule has 0 bridgehead atoms. The molecule has 0 aromatic heterocycles. The Labute approximate surface area is 127 Å². The van der Waals surface area contributed by atoms with E-state index in [-0.39, 0.29) is 0 Å². The lowest BCUT2D eigenvalue weighted by Crippen LogP contribution is -2.45. The fraction of sp³-hybridized carbons (Fsp3) is 0.588. The minimum Gasteiger partial charge on any atom is -0.493 e. The second kappa shape index (κ2) is 7.46. The summed E-state index contributed by atoms with van der Waals surface area (Å²) in [5, 5.41) is 0. The number of nitrogens with zero attached hydrogens (tertiary/aromatic N) is 1. The SMILES string of the molecule is COc1cccc(C=O)c1OCCN1[C@H](C)CCC[C@H]1C. The lowest BCUT2D eigenvalue weighted by Gasteiger charge is -2.38. The van der Waals surface area contributed by atoms with Crippen LogP contribution in [0.3, 0.4) is 0 Å². The first-order chi connectivity index (χ1) is 10.2. The molecule has 1 aromatic rings. The molecule has 2 atom stereocenters. The highest BCUT2D eigenvalue weighted by molar-refractivity contribution is 5.81. The summed E-state index contributed by atoms with van der Waals surface area (Å²) in [6.07, 6.45) is 4.61. The predicted molar refractivity (Wildman–Crippen MR) is 83.4 cm³/mol. The molecule has 21 heavy (non-hydrogen) atoms. The number of aldehydes is 1. The molecule has 1 aliphatic heterocycles. The van der Waals surface area contributed by atoms with Crippen LogP contribution < -0.4 is 9.47 Å². The third-order valence-electron chi connectivity index (χ3n) is 4.33. The van der Waals surface area contributed by atoms with Crippen LogP contribution in [0.2, 0.25) is 0 Å². The van der Waals surface area contributed by atoms with Gasteiger partial charge in [-0.15, -0.1) is 0 Å². The third-order valence-corrected chi connectivity index (χ3v) is 4.33. The van der Waals surface area contributed by atoms with Crippen molar-refractivity contribution < 1.29 is 14.3 Å². The molecule has 1 heterocycles. The molecule has 0 N–H and O–H groups in total. The second-order valence-electron chi connectivity index (χ2n) is 5.71. The minimum absolute atomic E-state index is 0.536. The first-order valence-electron chi connectivity index (χ1n) is 7.68. The maximum absolute atomic E-state index is 11.1. The molecule has 0 saturated carbocycles. The van der Waals surface area contributed by atoms with E-state index in [1.165, 1.54) is 19.3 Å². The monoisotopic (exact) mass is 291 g/mol. The van der Waals surface area contributed by atoms with Crippen molar-refractivity contribution >= 4 is 6.29 Å². The largest absolute Gasteiger partial charge is 0.493 e. The lowest BCUT2D eigenvalue weighted by atomic mass is 9.98. The van der Waals surface area contributed by atoms with Crippen molar-refractivity contribution in [3.8, 4) is 11.5 Å². The zero-order valence-electron chi connectivity index (χ0n) is 13.2. The lowest BCUT2D eigenvalue weighted by molar-refractivity contribution is 0.0841. The summed E-state index contributed by atoms with van der Waals surface area (Å²) in [4.78, 5) is 13.6. The van der Waals surface area contributed by atoms with Crippen LogP contribution in [0.4, 0.5) is 0 Å². The average Bonchev–Trinajstić information content (AvgIpc) is 2.50. The van der Waals surface area contributed by atoms with E-state index in [1.807, 2.05) is 6.07 Å². The molecular weight excluding hydrogens is 266 g/mol. The van der Waals surface area contributed by atoms with E-state index in [0.29, 0.717) is 35.8 Å². The van der Waals surface area contributed by atoms with Crippen LogP contribution >= 0.6 is 0 Å². The standard InChI is InChI=1S/C17H25NO3/c1-13-6-4-7-14(2)18(13)10-11-21-17-15(12-19)8-5-9-16(17)20-3/h5,8-9,12-14H,4,6-7,10-11H2,1-3H3/t13-,14-/m1/s1. The van der Waals surface area contributed by atoms with Gasteiger partial charge in [0.2, 0.25) is 0 Å². The van der Waals surface area contributed by atoms with Gasteiger partial charge in [0.1, 0.15) is 6.61 Å². The molecular formula is C17H25NO3. The molecule has 2 rings (SSSR count). The van der Waals surface area contributed by atoms with Gasteiger partial charge in [0.25, 0.3) is 0 Å². The van der Waals surface area contributed by atoms with Crippen LogP contribution in [0.25, 0.3) is 0 Å². The Morgan fingerprint density at radius 2 is 2.00 bits per heavy atom. The van der Waals surface area contributed by atoms with Crippen molar-refractivity contribution in [2.75, 3.05) is 20.3 Å². The Kier molecular flexibility index (Phi) is 5.62. The molecule has 0 spiro atoms. The van der Waals surface area contributed by atoms with Gasteiger partial charge in [0.05, 0.1) is 12.7 Å². The van der Waals surface area contributed by atoms with Crippen molar-refractivity contribution in [3.63, 3.8) is 0 Å². The first-order valence-corrected chi connectivity index (χ1v) is 7.68. The molecule has 1 aliphatic rings. The molecule has 4 nitrogen and oxygen atoms in total. The summed E-state index contributed by atoms with van der Waals surface area (Å²) >= 11 is 0. The Morgan fingerprint density at radius 1 is 1.29 bits per heavy atom. The summed E-state index contributed by atoms with van der Waals surface area (Å²) in [7, 11) is 1.59. The fourth-order valence-electron chi connectivity index (χ4n) is 3.11. The van der Waals surface area contributed by atoms with Crippen molar-refractivity contribution in [2.24, 2.45) is 0 Å². The number of benzene rings is 1. The number of piperidine rings is 1. The highest BCUT2D eigenvalue weighted by Gasteiger charge is 2.24. The maximum atomic E-state index is 11.1. The molecule has 1 aromatic carbocycles. The average molecular weight is 291 g/mol. The maximum Gasteiger partial charge on any atom is 0.171 e. The number of hydrogen-bond acceptors (Lipinski definition) is 4. The van der Waals surface area contributed by atoms with Crippen LogP contribution in [0.5, 0.6) is 11.5 Å². The van der Waals surface area contributed by atoms with Gasteiger partial charge in [-0.05, 0) is 38.8 Å². The quantitative estimate of drug-likeness (QED) is 0.755. The van der Waals surface area contributed by atoms with Crippen molar-refractivity contribution in [3.05, 3.63) is 23.8 Å². The third kappa shape index (κ3) is 3.76. The van der Waals surface area contributed by atoms with E-state index >= 15 is 0 Å². The van der Waals surface area contributed by atoms with Gasteiger partial charge in [-0.3, -0.25) is 9.69 Å². The molecule has 116 valence electrons. The Bertz CT molecular complexity index is 465. The van der Waals surface area contributed by atoms with E-state index in [4.69, 9.17) is 9.47 Å². The Hall–Kier alpha value is -1.55. The zero-order valence-corrected chi connectivity index (χ0v) is 13.2. The van der Waals surface area contributed by atoms with E-state index in [0.717, 1.165) is 12.8 Å². The van der Waals surface area contributed by atoms with Crippen LogP contribution in [0.15, 0.2) is 18.2 Å². The number of likely N-dealkylation sites (tertiary alicyclic amines) is 1. The van der Waals surface area contributed by atoms with Crippen molar-refractivity contribution in [1.29, 1.82) is 0 Å². The number of methoxy groups -OCH3 is 1. The Balaban J connectivity index is 1.98. The normalized spacial score (nSPS) is 22.8. The molecule has 4 heteroatoms. The highest BCUT2D eigenvalue weighted by Crippen LogP contribution is 2.30. The topological polar surface area (TPSA) is 38.8 Å². The number of carbonyl (C=O) groups is 1. The van der Waals surface area contributed by atoms with Gasteiger partial charge in [-0.1, -0.05) is 12.5 Å². The van der Waals surface area contributed by atoms with E-state index in [1.54, 1.807) is 19.2 Å². The van der Waals surface area contributed by atoms with Gasteiger partial charge < -0.3 is 9.47 Å². The zero-order chi connectivity index (χ0) is 15.2. The number of carbonyl (C=O) groups excluding carboxylic acids is 1. The minimum atomic E-state index is 0.536. The summed E-state index contributed by atoms with van der Waals surface area (Å²) in [5.74, 6) is 1.16. The van der Waals surface area contributed by atoms with Crippen molar-refractivity contribution in [1.82, 2.24) is 4.90 Å². The second-order valence-corrected chi connectivity index (χ2v) is 5.71. The van der Waals surface area contributed by atoms with Crippen molar-refractivity contribution in [2.45, 2.75) is 45.2 Å². The van der Waals surface area contributed by atoms with Crippen LogP contribution in [0, 0.1) is 0 Å². The molecule has 1 fully saturated rings. The number of rotatable bonds is 6. The van der Waals surface area contributed by atoms with Crippen LogP contribution in [-0.4, -0.2) is 43.5 Å². The molecule has 1 saturated heterocycles. The highest BCUT2D eigenvalue weighted by atomic mass is 16.5. The van der Waals surface area contributed by atoms with Gasteiger partial charge in [0.15, 0.2) is 17.8 Å². The summed E-state index contributed by atoms with van der Waals surface area (Å²) < 4.78 is 11.1. The predicted octanol–water partition coefficient (Wildman–Crippen LogP) is 3.15. The summed E-state index contributed by atoms with van der Waals surface area (Å²) in [6.45, 7) is 5.99. The van der Waals surface area contributed by atoms with E-state index in [9.17, 15) is 4.79 Å². The van der Waals surface area contributed by atoms with Gasteiger partial charge in [-0.25, -0.2) is 0 Å². The molecule has 0 aliphatic carbocycles. The summed E-state index contributed by atoms with van der Waals surface area (Å²) in [5.41, 5.74) is 0.536. The van der Waals surface area contributed by atoms with E-state index < -0.39 is 0 Å². The first kappa shape index (κ1) is 15.8. The molecule has 0 amide bonds.